The third-order valence-corrected chi connectivity index (χ3v) is 4.07. The SMILES string of the molecule is Cc1cc(=O)c(C(=O)NC2CCCN(C(=O)c3ccccn3)C2)n[nH]1. The number of amides is 2. The summed E-state index contributed by atoms with van der Waals surface area (Å²) in [6.45, 7) is 2.69. The van der Waals surface area contributed by atoms with Crippen molar-refractivity contribution in [3.63, 3.8) is 0 Å². The average Bonchev–Trinajstić information content (AvgIpc) is 2.62. The number of H-pyrrole nitrogens is 1. The fourth-order valence-corrected chi connectivity index (χ4v) is 2.84. The molecule has 1 aliphatic heterocycles. The molecule has 25 heavy (non-hydrogen) atoms. The number of likely N-dealkylation sites (tertiary alicyclic amines) is 1. The highest BCUT2D eigenvalue weighted by Crippen LogP contribution is 2.13. The van der Waals surface area contributed by atoms with Crippen molar-refractivity contribution in [2.24, 2.45) is 0 Å². The Morgan fingerprint density at radius 3 is 2.92 bits per heavy atom. The Kier molecular flexibility index (Phi) is 4.87. The third-order valence-electron chi connectivity index (χ3n) is 4.07. The van der Waals surface area contributed by atoms with Crippen LogP contribution in [0.5, 0.6) is 0 Å². The van der Waals surface area contributed by atoms with E-state index in [0.29, 0.717) is 24.5 Å². The summed E-state index contributed by atoms with van der Waals surface area (Å²) in [5.41, 5.74) is 0.377. The number of aromatic nitrogens is 3. The molecule has 2 aromatic heterocycles. The second kappa shape index (κ2) is 7.25. The number of hydrogen-bond donors (Lipinski definition) is 2. The molecule has 0 radical (unpaired) electrons. The molecule has 1 unspecified atom stereocenters. The van der Waals surface area contributed by atoms with Crippen LogP contribution in [0.1, 0.15) is 39.5 Å². The van der Waals surface area contributed by atoms with Gasteiger partial charge in [0.2, 0.25) is 5.43 Å². The topological polar surface area (TPSA) is 108 Å². The number of nitrogens with zero attached hydrogens (tertiary/aromatic N) is 3. The van der Waals surface area contributed by atoms with Crippen molar-refractivity contribution in [1.82, 2.24) is 25.4 Å². The van der Waals surface area contributed by atoms with Crippen molar-refractivity contribution in [2.45, 2.75) is 25.8 Å². The second-order valence-corrected chi connectivity index (χ2v) is 6.04. The summed E-state index contributed by atoms with van der Waals surface area (Å²) < 4.78 is 0. The van der Waals surface area contributed by atoms with Crippen LogP contribution in [0.2, 0.25) is 0 Å². The fourth-order valence-electron chi connectivity index (χ4n) is 2.84. The number of carbonyl (C=O) groups excluding carboxylic acids is 2. The lowest BCUT2D eigenvalue weighted by molar-refractivity contribution is 0.0669. The normalized spacial score (nSPS) is 17.2. The van der Waals surface area contributed by atoms with E-state index in [1.807, 2.05) is 0 Å². The number of aryl methyl sites for hydroxylation is 1. The van der Waals surface area contributed by atoms with Crippen LogP contribution in [0.25, 0.3) is 0 Å². The van der Waals surface area contributed by atoms with E-state index < -0.39 is 11.3 Å². The lowest BCUT2D eigenvalue weighted by Gasteiger charge is -2.32. The Bertz CT molecular complexity index is 834. The smallest absolute Gasteiger partial charge is 0.276 e. The number of rotatable bonds is 3. The van der Waals surface area contributed by atoms with Gasteiger partial charge in [0.15, 0.2) is 5.69 Å². The lowest BCUT2D eigenvalue weighted by atomic mass is 10.0. The molecule has 1 aliphatic rings. The molecule has 130 valence electrons. The van der Waals surface area contributed by atoms with Gasteiger partial charge < -0.3 is 10.2 Å². The Morgan fingerprint density at radius 1 is 1.36 bits per heavy atom. The highest BCUT2D eigenvalue weighted by Gasteiger charge is 2.27. The van der Waals surface area contributed by atoms with Crippen LogP contribution >= 0.6 is 0 Å². The van der Waals surface area contributed by atoms with Crippen molar-refractivity contribution >= 4 is 11.8 Å². The first-order chi connectivity index (χ1) is 12.0. The summed E-state index contributed by atoms with van der Waals surface area (Å²) in [6, 6.07) is 6.29. The largest absolute Gasteiger partial charge is 0.346 e. The van der Waals surface area contributed by atoms with Gasteiger partial charge in [-0.1, -0.05) is 6.07 Å². The maximum Gasteiger partial charge on any atom is 0.276 e. The molecule has 8 nitrogen and oxygen atoms in total. The molecule has 2 N–H and O–H groups in total. The summed E-state index contributed by atoms with van der Waals surface area (Å²) in [5, 5.41) is 9.22. The van der Waals surface area contributed by atoms with Crippen LogP contribution in [0.4, 0.5) is 0 Å². The zero-order chi connectivity index (χ0) is 17.8. The van der Waals surface area contributed by atoms with Crippen LogP contribution in [-0.4, -0.2) is 51.0 Å². The predicted octanol–water partition coefficient (Wildman–Crippen LogP) is 0.508. The van der Waals surface area contributed by atoms with Gasteiger partial charge in [-0.15, -0.1) is 0 Å². The number of pyridine rings is 1. The van der Waals surface area contributed by atoms with E-state index in [0.717, 1.165) is 12.8 Å². The van der Waals surface area contributed by atoms with Gasteiger partial charge in [0.25, 0.3) is 11.8 Å². The highest BCUT2D eigenvalue weighted by atomic mass is 16.2. The van der Waals surface area contributed by atoms with Crippen molar-refractivity contribution in [2.75, 3.05) is 13.1 Å². The van der Waals surface area contributed by atoms with E-state index in [1.165, 1.54) is 6.07 Å². The Labute approximate surface area is 144 Å². The number of carbonyl (C=O) groups is 2. The highest BCUT2D eigenvalue weighted by molar-refractivity contribution is 5.93. The van der Waals surface area contributed by atoms with E-state index in [-0.39, 0.29) is 17.6 Å². The minimum atomic E-state index is -0.529. The number of piperidine rings is 1. The van der Waals surface area contributed by atoms with Gasteiger partial charge in [0.05, 0.1) is 0 Å². The standard InChI is InChI=1S/C17H19N5O3/c1-11-9-14(23)15(21-20-11)16(24)19-12-5-4-8-22(10-12)17(25)13-6-2-3-7-18-13/h2-3,6-7,9,12H,4-5,8,10H2,1H3,(H,19,24)(H,20,23). The van der Waals surface area contributed by atoms with E-state index in [2.05, 4.69) is 20.5 Å². The van der Waals surface area contributed by atoms with E-state index in [1.54, 1.807) is 36.2 Å². The molecule has 2 aromatic rings. The first kappa shape index (κ1) is 16.8. The Balaban J connectivity index is 1.66. The van der Waals surface area contributed by atoms with Crippen molar-refractivity contribution in [3.05, 3.63) is 57.8 Å². The summed E-state index contributed by atoms with van der Waals surface area (Å²) in [7, 11) is 0. The van der Waals surface area contributed by atoms with Gasteiger partial charge in [-0.25, -0.2) is 0 Å². The van der Waals surface area contributed by atoms with E-state index in [9.17, 15) is 14.4 Å². The minimum absolute atomic E-state index is 0.161. The minimum Gasteiger partial charge on any atom is -0.346 e. The average molecular weight is 341 g/mol. The van der Waals surface area contributed by atoms with E-state index in [4.69, 9.17) is 0 Å². The molecular formula is C17H19N5O3. The van der Waals surface area contributed by atoms with Gasteiger partial charge in [-0.05, 0) is 31.9 Å². The molecule has 2 amide bonds. The maximum absolute atomic E-state index is 12.5. The van der Waals surface area contributed by atoms with Gasteiger partial charge >= 0.3 is 0 Å². The predicted molar refractivity (Wildman–Crippen MR) is 90.2 cm³/mol. The molecule has 1 atom stereocenters. The Hall–Kier alpha value is -3.03. The molecule has 1 saturated heterocycles. The monoisotopic (exact) mass is 341 g/mol. The fraction of sp³-hybridized carbons (Fsp3) is 0.353. The molecule has 0 saturated carbocycles. The maximum atomic E-state index is 12.5. The summed E-state index contributed by atoms with van der Waals surface area (Å²) >= 11 is 0. The van der Waals surface area contributed by atoms with Crippen LogP contribution in [-0.2, 0) is 0 Å². The third kappa shape index (κ3) is 3.90. The van der Waals surface area contributed by atoms with Gasteiger partial charge in [-0.3, -0.25) is 24.5 Å². The second-order valence-electron chi connectivity index (χ2n) is 6.04. The summed E-state index contributed by atoms with van der Waals surface area (Å²) in [4.78, 5) is 42.4. The first-order valence-electron chi connectivity index (χ1n) is 8.12. The van der Waals surface area contributed by atoms with Gasteiger partial charge in [-0.2, -0.15) is 5.10 Å². The summed E-state index contributed by atoms with van der Waals surface area (Å²) in [6.07, 6.45) is 3.08. The molecular weight excluding hydrogens is 322 g/mol. The molecule has 0 aromatic carbocycles. The van der Waals surface area contributed by atoms with Crippen LogP contribution in [0, 0.1) is 6.92 Å². The molecule has 1 fully saturated rings. The zero-order valence-corrected chi connectivity index (χ0v) is 13.9. The summed E-state index contributed by atoms with van der Waals surface area (Å²) in [5.74, 6) is -0.691. The lowest BCUT2D eigenvalue weighted by Crippen LogP contribution is -2.50. The molecule has 3 rings (SSSR count). The van der Waals surface area contributed by atoms with Crippen molar-refractivity contribution in [1.29, 1.82) is 0 Å². The van der Waals surface area contributed by atoms with Crippen molar-refractivity contribution < 1.29 is 9.59 Å². The van der Waals surface area contributed by atoms with Crippen LogP contribution in [0.15, 0.2) is 35.3 Å². The van der Waals surface area contributed by atoms with Crippen molar-refractivity contribution in [3.8, 4) is 0 Å². The van der Waals surface area contributed by atoms with Crippen LogP contribution in [0.3, 0.4) is 0 Å². The van der Waals surface area contributed by atoms with Crippen LogP contribution < -0.4 is 10.7 Å². The van der Waals surface area contributed by atoms with Gasteiger partial charge in [0.1, 0.15) is 5.69 Å². The van der Waals surface area contributed by atoms with Gasteiger partial charge in [0, 0.05) is 37.1 Å². The Morgan fingerprint density at radius 2 is 2.20 bits per heavy atom. The van der Waals surface area contributed by atoms with E-state index >= 15 is 0 Å². The zero-order valence-electron chi connectivity index (χ0n) is 13.9. The molecule has 0 spiro atoms. The quantitative estimate of drug-likeness (QED) is 0.845. The molecule has 0 bridgehead atoms. The number of hydrogen-bond acceptors (Lipinski definition) is 5. The number of nitrogens with one attached hydrogen (secondary N) is 2. The molecule has 8 heteroatoms. The number of aromatic amines is 1. The first-order valence-corrected chi connectivity index (χ1v) is 8.12. The molecule has 0 aliphatic carbocycles. The molecule has 3 heterocycles.